The predicted octanol–water partition coefficient (Wildman–Crippen LogP) is 3.74. The van der Waals surface area contributed by atoms with Gasteiger partial charge in [-0.25, -0.2) is 0 Å². The molecule has 0 rings (SSSR count). The van der Waals surface area contributed by atoms with E-state index in [1.807, 2.05) is 6.66 Å². The van der Waals surface area contributed by atoms with E-state index >= 15 is 0 Å². The van der Waals surface area contributed by atoms with Crippen molar-refractivity contribution < 1.29 is 32.7 Å². The standard InChI is InChI=1S/C10H7P2.2CH4.Y/c1-6-10(11(5)7-2)12(8-3)9-4;;;/h1-4H,5H3;2*1H4;/q-1;;;. The molecular formula is C12H15P2Y-. The molecule has 15 heavy (non-hydrogen) atoms. The third kappa shape index (κ3) is 7.94. The van der Waals surface area contributed by atoms with Crippen LogP contribution in [-0.2, 0) is 32.7 Å². The normalized spacial score (nSPS) is 8.13. The zero-order valence-electron chi connectivity index (χ0n) is 7.28. The second kappa shape index (κ2) is 14.1. The van der Waals surface area contributed by atoms with Crippen molar-refractivity contribution in [1.29, 1.82) is 0 Å². The molecule has 3 heteroatoms. The molecule has 0 spiro atoms. The van der Waals surface area contributed by atoms with Crippen LogP contribution < -0.4 is 0 Å². The Labute approximate surface area is 123 Å². The van der Waals surface area contributed by atoms with Crippen LogP contribution in [0.25, 0.3) is 0 Å². The molecule has 1 atom stereocenters. The topological polar surface area (TPSA) is 0 Å². The molecule has 0 fully saturated rings. The Morgan fingerprint density at radius 2 is 1.33 bits per heavy atom. The Morgan fingerprint density at radius 1 is 0.933 bits per heavy atom. The molecule has 0 aromatic heterocycles. The number of terminal acetylenes is 4. The third-order valence-corrected chi connectivity index (χ3v) is 4.83. The third-order valence-electron chi connectivity index (χ3n) is 1.11. The van der Waals surface area contributed by atoms with Gasteiger partial charge in [-0.05, 0) is 6.66 Å². The van der Waals surface area contributed by atoms with E-state index in [2.05, 4.69) is 22.9 Å². The van der Waals surface area contributed by atoms with Crippen LogP contribution in [0.3, 0.4) is 0 Å². The Kier molecular flexibility index (Phi) is 22.8. The first-order valence-corrected chi connectivity index (χ1v) is 6.10. The first kappa shape index (κ1) is 24.3. The molecule has 0 aliphatic heterocycles. The van der Waals surface area contributed by atoms with Crippen molar-refractivity contribution in [3.8, 4) is 48.6 Å². The summed E-state index contributed by atoms with van der Waals surface area (Å²) < 4.78 is 0. The fourth-order valence-electron chi connectivity index (χ4n) is 0.532. The zero-order valence-corrected chi connectivity index (χ0v) is 11.9. The van der Waals surface area contributed by atoms with E-state index in [0.717, 1.165) is 5.40 Å². The molecular weight excluding hydrogens is 295 g/mol. The molecule has 0 saturated carbocycles. The fraction of sp³-hybridized carbons (Fsp3) is 0.250. The monoisotopic (exact) mass is 310 g/mol. The molecule has 0 heterocycles. The SMILES string of the molecule is C.C.C#C[C-](P(C)C#C)P(C#C)C#C.[Y]. The van der Waals surface area contributed by atoms with Crippen LogP contribution in [-0.4, -0.2) is 6.66 Å². The Balaban J connectivity index is -0.000000202. The van der Waals surface area contributed by atoms with E-state index in [0.29, 0.717) is 0 Å². The molecule has 0 saturated heterocycles. The van der Waals surface area contributed by atoms with Gasteiger partial charge < -0.3 is 6.42 Å². The first-order valence-electron chi connectivity index (χ1n) is 2.97. The largest absolute Gasteiger partial charge is 0.344 e. The Morgan fingerprint density at radius 3 is 1.53 bits per heavy atom. The molecule has 1 radical (unpaired) electrons. The van der Waals surface area contributed by atoms with Crippen LogP contribution in [0.5, 0.6) is 0 Å². The van der Waals surface area contributed by atoms with Gasteiger partial charge in [-0.15, -0.1) is 19.3 Å². The molecule has 1 unspecified atom stereocenters. The summed E-state index contributed by atoms with van der Waals surface area (Å²) in [5.74, 6) is 2.50. The summed E-state index contributed by atoms with van der Waals surface area (Å²) in [5, 5.41) is 0.743. The summed E-state index contributed by atoms with van der Waals surface area (Å²) in [6, 6.07) is 0. The fourth-order valence-corrected chi connectivity index (χ4v) is 3.02. The van der Waals surface area contributed by atoms with Gasteiger partial charge in [0.25, 0.3) is 0 Å². The van der Waals surface area contributed by atoms with Crippen LogP contribution in [0.15, 0.2) is 0 Å². The minimum Gasteiger partial charge on any atom is -0.344 e. The van der Waals surface area contributed by atoms with Gasteiger partial charge in [0, 0.05) is 40.6 Å². The molecule has 0 aromatic rings. The summed E-state index contributed by atoms with van der Waals surface area (Å²) in [6.07, 6.45) is 20.9. The Hall–Kier alpha value is 0.0739. The maximum absolute atomic E-state index is 5.26. The summed E-state index contributed by atoms with van der Waals surface area (Å²) in [5.41, 5.74) is 7.55. The molecule has 0 nitrogen and oxygen atoms in total. The molecule has 0 amide bonds. The molecule has 0 aliphatic rings. The maximum Gasteiger partial charge on any atom is 0.00536 e. The van der Waals surface area contributed by atoms with Gasteiger partial charge in [0.15, 0.2) is 0 Å². The van der Waals surface area contributed by atoms with Gasteiger partial charge in [-0.1, -0.05) is 45.2 Å². The molecule has 0 aliphatic carbocycles. The molecule has 0 N–H and O–H groups in total. The first-order chi connectivity index (χ1) is 5.71. The van der Waals surface area contributed by atoms with Crippen LogP contribution in [0.4, 0.5) is 0 Å². The quantitative estimate of drug-likeness (QED) is 0.414. The summed E-state index contributed by atoms with van der Waals surface area (Å²) in [4.78, 5) is 0. The van der Waals surface area contributed by atoms with E-state index < -0.39 is 15.8 Å². The van der Waals surface area contributed by atoms with Gasteiger partial charge in [0.2, 0.25) is 0 Å². The van der Waals surface area contributed by atoms with Gasteiger partial charge >= 0.3 is 0 Å². The maximum atomic E-state index is 5.26. The van der Waals surface area contributed by atoms with Crippen LogP contribution >= 0.6 is 15.8 Å². The number of rotatable bonds is 2. The van der Waals surface area contributed by atoms with Crippen LogP contribution in [0, 0.1) is 54.0 Å². The van der Waals surface area contributed by atoms with E-state index in [-0.39, 0.29) is 47.6 Å². The van der Waals surface area contributed by atoms with Gasteiger partial charge in [0.1, 0.15) is 0 Å². The Bertz CT molecular complexity index is 294. The minimum absolute atomic E-state index is 0. The van der Waals surface area contributed by atoms with E-state index in [1.54, 1.807) is 0 Å². The van der Waals surface area contributed by atoms with E-state index in [1.165, 1.54) is 0 Å². The van der Waals surface area contributed by atoms with Crippen molar-refractivity contribution in [2.45, 2.75) is 14.9 Å². The van der Waals surface area contributed by atoms with Crippen LogP contribution in [0.2, 0.25) is 0 Å². The molecule has 0 bridgehead atoms. The molecule has 77 valence electrons. The average Bonchev–Trinajstić information content (AvgIpc) is 2.12. The van der Waals surface area contributed by atoms with Gasteiger partial charge in [-0.2, -0.15) is 0 Å². The molecule has 0 aromatic carbocycles. The predicted molar refractivity (Wildman–Crippen MR) is 71.8 cm³/mol. The van der Waals surface area contributed by atoms with Crippen molar-refractivity contribution in [1.82, 2.24) is 0 Å². The summed E-state index contributed by atoms with van der Waals surface area (Å²) in [7, 11) is -1.78. The van der Waals surface area contributed by atoms with Crippen molar-refractivity contribution in [3.63, 3.8) is 0 Å². The van der Waals surface area contributed by atoms with E-state index in [4.69, 9.17) is 25.7 Å². The van der Waals surface area contributed by atoms with Crippen molar-refractivity contribution in [3.05, 3.63) is 5.40 Å². The van der Waals surface area contributed by atoms with Gasteiger partial charge in [0.05, 0.1) is 0 Å². The minimum atomic E-state index is -1.04. The second-order valence-corrected chi connectivity index (χ2v) is 5.56. The number of hydrogen-bond donors (Lipinski definition) is 0. The smallest absolute Gasteiger partial charge is 0.00536 e. The van der Waals surface area contributed by atoms with Gasteiger partial charge in [-0.3, -0.25) is 5.92 Å². The zero-order chi connectivity index (χ0) is 9.56. The van der Waals surface area contributed by atoms with Crippen molar-refractivity contribution in [2.24, 2.45) is 0 Å². The number of hydrogen-bond acceptors (Lipinski definition) is 0. The van der Waals surface area contributed by atoms with Crippen molar-refractivity contribution in [2.75, 3.05) is 6.66 Å². The summed E-state index contributed by atoms with van der Waals surface area (Å²) in [6.45, 7) is 1.88. The second-order valence-electron chi connectivity index (χ2n) is 1.75. The van der Waals surface area contributed by atoms with Crippen LogP contribution in [0.1, 0.15) is 14.9 Å². The average molecular weight is 310 g/mol. The summed E-state index contributed by atoms with van der Waals surface area (Å²) >= 11 is 0. The van der Waals surface area contributed by atoms with E-state index in [9.17, 15) is 0 Å². The van der Waals surface area contributed by atoms with Crippen molar-refractivity contribution >= 4 is 15.8 Å².